The van der Waals surface area contributed by atoms with Crippen LogP contribution >= 0.6 is 0 Å². The van der Waals surface area contributed by atoms with Crippen molar-refractivity contribution in [1.29, 1.82) is 0 Å². The monoisotopic (exact) mass is 877 g/mol. The minimum absolute atomic E-state index is 0. The number of nitrogens with zero attached hydrogens (tertiary/aromatic N) is 3. The van der Waals surface area contributed by atoms with Crippen LogP contribution in [0.5, 0.6) is 0 Å². The fraction of sp³-hybridized carbons (Fsp3) is 0.422. The van der Waals surface area contributed by atoms with Crippen molar-refractivity contribution in [2.24, 2.45) is 16.7 Å². The minimum atomic E-state index is -0.337. The number of carbonyl (C=O) groups is 1. The van der Waals surface area contributed by atoms with Crippen LogP contribution in [0, 0.1) is 43.6 Å². The molecular weight excluding hydrogens is 823 g/mol. The van der Waals surface area contributed by atoms with E-state index in [0.717, 1.165) is 82.1 Å². The molecule has 0 saturated carbocycles. The van der Waals surface area contributed by atoms with Crippen molar-refractivity contribution in [2.45, 2.75) is 108 Å². The smallest absolute Gasteiger partial charge is 0.216 e. The zero-order valence-corrected chi connectivity index (χ0v) is 35.1. The number of hydrogen-bond donors (Lipinski definition) is 1. The average Bonchev–Trinajstić information content (AvgIpc) is 3.47. The molecule has 6 rings (SSSR count). The van der Waals surface area contributed by atoms with Gasteiger partial charge in [0.05, 0.1) is 11.1 Å². The van der Waals surface area contributed by atoms with Crippen molar-refractivity contribution in [3.05, 3.63) is 89.1 Å². The molecule has 0 fully saturated rings. The number of ketones is 1. The van der Waals surface area contributed by atoms with E-state index in [9.17, 15) is 9.90 Å². The maximum absolute atomic E-state index is 12.2. The number of aliphatic hydroxyl groups is 1. The van der Waals surface area contributed by atoms with Gasteiger partial charge in [-0.2, -0.15) is 0 Å². The number of hydrogen-bond acceptors (Lipinski definition) is 6. The summed E-state index contributed by atoms with van der Waals surface area (Å²) in [6.07, 6.45) is 5.82. The molecule has 52 heavy (non-hydrogen) atoms. The first-order chi connectivity index (χ1) is 24.2. The molecular formula is C45H54IrN3O3-. The summed E-state index contributed by atoms with van der Waals surface area (Å²) in [6.45, 7) is 22.7. The topological polar surface area (TPSA) is 89.1 Å². The van der Waals surface area contributed by atoms with Crippen LogP contribution in [0.3, 0.4) is 0 Å². The molecule has 0 saturated heterocycles. The summed E-state index contributed by atoms with van der Waals surface area (Å²) in [5.74, 6) is 1.64. The number of furan rings is 1. The summed E-state index contributed by atoms with van der Waals surface area (Å²) in [4.78, 5) is 26.6. The minimum Gasteiger partial charge on any atom is -0.512 e. The van der Waals surface area contributed by atoms with E-state index in [2.05, 4.69) is 62.2 Å². The van der Waals surface area contributed by atoms with Crippen LogP contribution in [0.25, 0.3) is 55.0 Å². The zero-order chi connectivity index (χ0) is 37.2. The summed E-state index contributed by atoms with van der Waals surface area (Å²) in [7, 11) is 0. The van der Waals surface area contributed by atoms with Gasteiger partial charge in [-0.25, -0.2) is 9.97 Å². The number of carbonyl (C=O) groups excluding carboxylic acids is 1. The van der Waals surface area contributed by atoms with Crippen LogP contribution in [0.1, 0.15) is 104 Å². The molecule has 3 aromatic heterocycles. The number of aryl methyl sites for hydroxylation is 3. The Hall–Kier alpha value is -3.93. The molecule has 3 heterocycles. The van der Waals surface area contributed by atoms with Gasteiger partial charge in [-0.1, -0.05) is 90.6 Å². The first-order valence-electron chi connectivity index (χ1n) is 18.6. The van der Waals surface area contributed by atoms with Gasteiger partial charge in [-0.3, -0.25) is 9.78 Å². The number of allylic oxidation sites excluding steroid dienone is 2. The third-order valence-corrected chi connectivity index (χ3v) is 11.1. The van der Waals surface area contributed by atoms with Crippen LogP contribution in [0.2, 0.25) is 0 Å². The third-order valence-electron chi connectivity index (χ3n) is 11.1. The quantitative estimate of drug-likeness (QED) is 0.0638. The van der Waals surface area contributed by atoms with Crippen LogP contribution in [0.15, 0.2) is 64.8 Å². The van der Waals surface area contributed by atoms with Gasteiger partial charge < -0.3 is 9.52 Å². The number of pyridine rings is 1. The van der Waals surface area contributed by atoms with E-state index in [1.165, 1.54) is 28.0 Å². The molecule has 0 atom stereocenters. The molecule has 1 N–H and O–H groups in total. The van der Waals surface area contributed by atoms with Gasteiger partial charge >= 0.3 is 0 Å². The summed E-state index contributed by atoms with van der Waals surface area (Å²) >= 11 is 0. The fourth-order valence-corrected chi connectivity index (χ4v) is 6.80. The van der Waals surface area contributed by atoms with Gasteiger partial charge in [0.2, 0.25) is 5.71 Å². The van der Waals surface area contributed by atoms with Crippen molar-refractivity contribution >= 4 is 49.5 Å². The van der Waals surface area contributed by atoms with Crippen molar-refractivity contribution < 1.29 is 34.4 Å². The van der Waals surface area contributed by atoms with Gasteiger partial charge in [0.15, 0.2) is 5.78 Å². The average molecular weight is 877 g/mol. The Balaban J connectivity index is 0.000000289. The van der Waals surface area contributed by atoms with Crippen LogP contribution in [0.4, 0.5) is 0 Å². The van der Waals surface area contributed by atoms with Crippen LogP contribution in [-0.2, 0) is 31.3 Å². The molecule has 1 radical (unpaired) electrons. The van der Waals surface area contributed by atoms with Gasteiger partial charge in [0.1, 0.15) is 11.6 Å². The fourth-order valence-electron chi connectivity index (χ4n) is 6.80. The second-order valence-electron chi connectivity index (χ2n) is 15.1. The van der Waals surface area contributed by atoms with E-state index in [-0.39, 0.29) is 42.5 Å². The summed E-state index contributed by atoms with van der Waals surface area (Å²) in [5.41, 5.74) is 7.01. The largest absolute Gasteiger partial charge is 0.512 e. The molecule has 0 bridgehead atoms. The van der Waals surface area contributed by atoms with E-state index in [0.29, 0.717) is 11.6 Å². The Labute approximate surface area is 322 Å². The SMILES string of the molecule is CCC(C)(CC)C(=O)/C=C(\O)C(C)(CC)CC.Cc1ccc2c(n1)oc1c(-c3nc(C)nc4c3ccc3cc(CC(C)C)cc(C)c34)[c-]ccc12.[Ir]. The Bertz CT molecular complexity index is 2260. The maximum atomic E-state index is 12.2. The maximum Gasteiger partial charge on any atom is 0.216 e. The molecule has 3 aromatic carbocycles. The summed E-state index contributed by atoms with van der Waals surface area (Å²) in [6, 6.07) is 20.4. The summed E-state index contributed by atoms with van der Waals surface area (Å²) in [5, 5.41) is 15.6. The molecule has 0 aliphatic heterocycles. The standard InChI is InChI=1S/C30H26N3O.C15H28O2.Ir/c1-16(2)13-20-14-17(3)26-21(15-20)10-12-24-27(32-19(5)33-28(24)26)25-8-6-7-22-23-11-9-18(4)31-30(23)34-29(22)25;1-7-14(5,8-2)12(16)11-13(17)15(6,9-3)10-4;/h6-7,9-12,14-16H,13H2,1-5H3;11,16H,7-10H2,1-6H3;/q-1;;/b;12-11-;. The molecule has 0 aliphatic carbocycles. The van der Waals surface area contributed by atoms with E-state index in [1.54, 1.807) is 0 Å². The molecule has 0 spiro atoms. The number of benzene rings is 3. The Morgan fingerprint density at radius 1 is 0.865 bits per heavy atom. The Morgan fingerprint density at radius 3 is 2.15 bits per heavy atom. The molecule has 0 unspecified atom stereocenters. The first kappa shape index (κ1) is 40.8. The van der Waals surface area contributed by atoms with Gasteiger partial charge in [-0.15, -0.1) is 18.2 Å². The predicted molar refractivity (Wildman–Crippen MR) is 212 cm³/mol. The van der Waals surface area contributed by atoms with Gasteiger partial charge in [0.25, 0.3) is 0 Å². The van der Waals surface area contributed by atoms with Crippen LogP contribution < -0.4 is 0 Å². The van der Waals surface area contributed by atoms with Crippen molar-refractivity contribution in [1.82, 2.24) is 15.0 Å². The third kappa shape index (κ3) is 8.01. The van der Waals surface area contributed by atoms with E-state index in [1.807, 2.05) is 73.6 Å². The second-order valence-corrected chi connectivity index (χ2v) is 15.1. The molecule has 0 amide bonds. The number of aromatic nitrogens is 3. The van der Waals surface area contributed by atoms with Gasteiger partial charge in [-0.05, 0) is 92.8 Å². The normalized spacial score (nSPS) is 12.4. The first-order valence-corrected chi connectivity index (χ1v) is 18.6. The molecule has 0 aliphatic rings. The van der Waals surface area contributed by atoms with Crippen LogP contribution in [-0.4, -0.2) is 25.8 Å². The van der Waals surface area contributed by atoms with Gasteiger partial charge in [0, 0.05) is 59.2 Å². The zero-order valence-electron chi connectivity index (χ0n) is 32.7. The Kier molecular flexibility index (Phi) is 12.9. The summed E-state index contributed by atoms with van der Waals surface area (Å²) < 4.78 is 6.27. The second kappa shape index (κ2) is 16.4. The number of rotatable bonds is 10. The number of fused-ring (bicyclic) bond motifs is 6. The number of aliphatic hydroxyl groups excluding tert-OH is 1. The Morgan fingerprint density at radius 2 is 1.52 bits per heavy atom. The van der Waals surface area contributed by atoms with E-state index < -0.39 is 0 Å². The molecule has 7 heteroatoms. The molecule has 6 nitrogen and oxygen atoms in total. The van der Waals surface area contributed by atoms with E-state index in [4.69, 9.17) is 14.4 Å². The van der Waals surface area contributed by atoms with Crippen molar-refractivity contribution in [3.8, 4) is 11.3 Å². The van der Waals surface area contributed by atoms with Crippen molar-refractivity contribution in [3.63, 3.8) is 0 Å². The van der Waals surface area contributed by atoms with Crippen molar-refractivity contribution in [2.75, 3.05) is 0 Å². The molecule has 6 aromatic rings. The predicted octanol–water partition coefficient (Wildman–Crippen LogP) is 12.3. The molecule has 277 valence electrons. The van der Waals surface area contributed by atoms with E-state index >= 15 is 0 Å².